The molecule has 1 aromatic carbocycles. The third-order valence-electron chi connectivity index (χ3n) is 4.52. The van der Waals surface area contributed by atoms with Crippen LogP contribution >= 0.6 is 0 Å². The number of ether oxygens (including phenoxy) is 2. The Morgan fingerprint density at radius 3 is 2.58 bits per heavy atom. The number of fused-ring (bicyclic) bond motifs is 1. The molecule has 2 aliphatic rings. The Balaban J connectivity index is 1.36. The molecule has 0 atom stereocenters. The first kappa shape index (κ1) is 17.3. The predicted octanol–water partition coefficient (Wildman–Crippen LogP) is 0.656. The topological polar surface area (TPSA) is 98.0 Å². The predicted molar refractivity (Wildman–Crippen MR) is 90.5 cm³/mol. The fraction of sp³-hybridized carbons (Fsp3) is 0.500. The summed E-state index contributed by atoms with van der Waals surface area (Å²) in [6, 6.07) is 4.73. The quantitative estimate of drug-likeness (QED) is 0.746. The minimum atomic E-state index is -3.54. The molecule has 1 saturated heterocycles. The molecular formula is C16H20N4O5S. The molecule has 2 aliphatic heterocycles. The van der Waals surface area contributed by atoms with Crippen LogP contribution in [0.5, 0.6) is 11.5 Å². The molecule has 140 valence electrons. The van der Waals surface area contributed by atoms with Gasteiger partial charge in [0.1, 0.15) is 0 Å². The molecule has 4 rings (SSSR count). The fourth-order valence-corrected chi connectivity index (χ4v) is 4.51. The fourth-order valence-electron chi connectivity index (χ4n) is 3.07. The van der Waals surface area contributed by atoms with Crippen molar-refractivity contribution < 1.29 is 22.3 Å². The first-order valence-electron chi connectivity index (χ1n) is 8.43. The van der Waals surface area contributed by atoms with Crippen LogP contribution in [-0.2, 0) is 16.4 Å². The first-order valence-corrected chi connectivity index (χ1v) is 9.87. The van der Waals surface area contributed by atoms with Crippen molar-refractivity contribution in [2.75, 3.05) is 39.5 Å². The van der Waals surface area contributed by atoms with E-state index in [1.54, 1.807) is 19.1 Å². The lowest BCUT2D eigenvalue weighted by Gasteiger charge is -2.33. The number of piperazine rings is 1. The monoisotopic (exact) mass is 380 g/mol. The lowest BCUT2D eigenvalue weighted by atomic mass is 10.3. The Bertz CT molecular complexity index is 890. The van der Waals surface area contributed by atoms with E-state index >= 15 is 0 Å². The maximum Gasteiger partial charge on any atom is 0.243 e. The zero-order valence-electron chi connectivity index (χ0n) is 14.4. The SMILES string of the molecule is Cc1nnc(CCN2CCN(S(=O)(=O)c3ccc4c(c3)OCO4)CC2)o1. The molecule has 10 heteroatoms. The molecule has 0 radical (unpaired) electrons. The van der Waals surface area contributed by atoms with Crippen LogP contribution in [0.25, 0.3) is 0 Å². The number of aromatic nitrogens is 2. The second-order valence-electron chi connectivity index (χ2n) is 6.23. The number of aryl methyl sites for hydroxylation is 1. The molecule has 0 N–H and O–H groups in total. The van der Waals surface area contributed by atoms with Crippen LogP contribution in [0.2, 0.25) is 0 Å². The molecule has 1 aromatic heterocycles. The highest BCUT2D eigenvalue weighted by molar-refractivity contribution is 7.89. The van der Waals surface area contributed by atoms with Crippen LogP contribution in [-0.4, -0.2) is 67.3 Å². The first-order chi connectivity index (χ1) is 12.5. The highest BCUT2D eigenvalue weighted by atomic mass is 32.2. The van der Waals surface area contributed by atoms with Gasteiger partial charge < -0.3 is 18.8 Å². The summed E-state index contributed by atoms with van der Waals surface area (Å²) in [4.78, 5) is 2.43. The number of benzene rings is 1. The van der Waals surface area contributed by atoms with E-state index in [9.17, 15) is 8.42 Å². The van der Waals surface area contributed by atoms with Crippen molar-refractivity contribution in [3.8, 4) is 11.5 Å². The van der Waals surface area contributed by atoms with Crippen LogP contribution in [0.4, 0.5) is 0 Å². The molecule has 0 aliphatic carbocycles. The van der Waals surface area contributed by atoms with Gasteiger partial charge in [-0.1, -0.05) is 0 Å². The number of rotatable bonds is 5. The van der Waals surface area contributed by atoms with Crippen LogP contribution in [0, 0.1) is 6.92 Å². The molecule has 26 heavy (non-hydrogen) atoms. The van der Waals surface area contributed by atoms with Crippen molar-refractivity contribution >= 4 is 10.0 Å². The summed E-state index contributed by atoms with van der Waals surface area (Å²) in [5.41, 5.74) is 0. The van der Waals surface area contributed by atoms with Crippen LogP contribution in [0.15, 0.2) is 27.5 Å². The van der Waals surface area contributed by atoms with Crippen LogP contribution < -0.4 is 9.47 Å². The second-order valence-corrected chi connectivity index (χ2v) is 8.16. The summed E-state index contributed by atoms with van der Waals surface area (Å²) >= 11 is 0. The maximum atomic E-state index is 12.9. The molecule has 1 fully saturated rings. The van der Waals surface area contributed by atoms with Gasteiger partial charge in [0.15, 0.2) is 11.5 Å². The zero-order valence-corrected chi connectivity index (χ0v) is 15.2. The highest BCUT2D eigenvalue weighted by Gasteiger charge is 2.30. The minimum Gasteiger partial charge on any atom is -0.454 e. The van der Waals surface area contributed by atoms with E-state index in [2.05, 4.69) is 15.1 Å². The summed E-state index contributed by atoms with van der Waals surface area (Å²) in [5, 5.41) is 7.79. The molecular weight excluding hydrogens is 360 g/mol. The molecule has 0 amide bonds. The van der Waals surface area contributed by atoms with E-state index in [-0.39, 0.29) is 11.7 Å². The summed E-state index contributed by atoms with van der Waals surface area (Å²) < 4.78 is 43.1. The van der Waals surface area contributed by atoms with Gasteiger partial charge in [-0.2, -0.15) is 4.31 Å². The van der Waals surface area contributed by atoms with Crippen LogP contribution in [0.3, 0.4) is 0 Å². The van der Waals surface area contributed by atoms with E-state index < -0.39 is 10.0 Å². The summed E-state index contributed by atoms with van der Waals surface area (Å²) in [7, 11) is -3.54. The molecule has 0 saturated carbocycles. The molecule has 3 heterocycles. The molecule has 2 aromatic rings. The Kier molecular flexibility index (Phi) is 4.55. The van der Waals surface area contributed by atoms with Gasteiger partial charge in [-0.05, 0) is 12.1 Å². The largest absolute Gasteiger partial charge is 0.454 e. The van der Waals surface area contributed by atoms with Crippen molar-refractivity contribution in [2.45, 2.75) is 18.2 Å². The van der Waals surface area contributed by atoms with Crippen molar-refractivity contribution in [3.63, 3.8) is 0 Å². The smallest absolute Gasteiger partial charge is 0.243 e. The summed E-state index contributed by atoms with van der Waals surface area (Å²) in [6.07, 6.45) is 0.662. The van der Waals surface area contributed by atoms with Gasteiger partial charge in [0.25, 0.3) is 0 Å². The maximum absolute atomic E-state index is 12.9. The van der Waals surface area contributed by atoms with Crippen molar-refractivity contribution in [1.82, 2.24) is 19.4 Å². The number of hydrogen-bond acceptors (Lipinski definition) is 8. The van der Waals surface area contributed by atoms with Gasteiger partial charge in [-0.3, -0.25) is 0 Å². The number of sulfonamides is 1. The zero-order chi connectivity index (χ0) is 18.1. The Hall–Kier alpha value is -2.17. The third kappa shape index (κ3) is 3.39. The number of nitrogens with zero attached hydrogens (tertiary/aromatic N) is 4. The molecule has 9 nitrogen and oxygen atoms in total. The standard InChI is InChI=1S/C16H20N4O5S/c1-12-17-18-16(25-12)4-5-19-6-8-20(9-7-19)26(21,22)13-2-3-14-15(10-13)24-11-23-14/h2-3,10H,4-9,11H2,1H3. The van der Waals surface area contributed by atoms with E-state index in [0.29, 0.717) is 55.9 Å². The normalized spacial score (nSPS) is 18.3. The van der Waals surface area contributed by atoms with Gasteiger partial charge in [0.05, 0.1) is 4.90 Å². The van der Waals surface area contributed by atoms with Crippen molar-refractivity contribution in [3.05, 3.63) is 30.0 Å². The second kappa shape index (κ2) is 6.86. The number of hydrogen-bond donors (Lipinski definition) is 0. The van der Waals surface area contributed by atoms with Crippen molar-refractivity contribution in [1.29, 1.82) is 0 Å². The van der Waals surface area contributed by atoms with Gasteiger partial charge in [-0.25, -0.2) is 8.42 Å². The van der Waals surface area contributed by atoms with Crippen molar-refractivity contribution in [2.24, 2.45) is 0 Å². The summed E-state index contributed by atoms with van der Waals surface area (Å²) in [6.45, 7) is 4.86. The van der Waals surface area contributed by atoms with E-state index in [1.165, 1.54) is 10.4 Å². The lowest BCUT2D eigenvalue weighted by Crippen LogP contribution is -2.49. The molecule has 0 spiro atoms. The minimum absolute atomic E-state index is 0.122. The lowest BCUT2D eigenvalue weighted by molar-refractivity contribution is 0.174. The van der Waals surface area contributed by atoms with Gasteiger partial charge in [0, 0.05) is 52.1 Å². The van der Waals surface area contributed by atoms with Gasteiger partial charge in [0.2, 0.25) is 28.6 Å². The van der Waals surface area contributed by atoms with E-state index in [1.807, 2.05) is 0 Å². The van der Waals surface area contributed by atoms with Crippen LogP contribution in [0.1, 0.15) is 11.8 Å². The summed E-state index contributed by atoms with van der Waals surface area (Å²) in [5.74, 6) is 2.21. The highest BCUT2D eigenvalue weighted by Crippen LogP contribution is 2.34. The average molecular weight is 380 g/mol. The van der Waals surface area contributed by atoms with E-state index in [0.717, 1.165) is 6.54 Å². The van der Waals surface area contributed by atoms with Gasteiger partial charge >= 0.3 is 0 Å². The third-order valence-corrected chi connectivity index (χ3v) is 6.42. The molecule has 0 unspecified atom stereocenters. The van der Waals surface area contributed by atoms with Gasteiger partial charge in [-0.15, -0.1) is 10.2 Å². The Labute approximate surface area is 151 Å². The Morgan fingerprint density at radius 1 is 1.08 bits per heavy atom. The Morgan fingerprint density at radius 2 is 1.85 bits per heavy atom. The molecule has 0 bridgehead atoms. The average Bonchev–Trinajstić information content (AvgIpc) is 3.28. The van der Waals surface area contributed by atoms with E-state index in [4.69, 9.17) is 13.9 Å².